The second kappa shape index (κ2) is 8.58. The number of fused-ring (bicyclic) bond motifs is 2. The number of benzene rings is 2. The van der Waals surface area contributed by atoms with Gasteiger partial charge in [0, 0.05) is 29.0 Å². The minimum absolute atomic E-state index is 0.122. The molecule has 0 aliphatic carbocycles. The summed E-state index contributed by atoms with van der Waals surface area (Å²) in [6, 6.07) is 10.0. The Morgan fingerprint density at radius 1 is 1.11 bits per heavy atom. The summed E-state index contributed by atoms with van der Waals surface area (Å²) in [5.74, 6) is -0.570. The van der Waals surface area contributed by atoms with Crippen LogP contribution in [0.5, 0.6) is 5.75 Å². The van der Waals surface area contributed by atoms with Crippen molar-refractivity contribution in [3.63, 3.8) is 0 Å². The molecule has 0 bridgehead atoms. The Bertz CT molecular complexity index is 1820. The fraction of sp³-hybridized carbons (Fsp3) is 0.154. The number of ether oxygens (including phenoxy) is 1. The van der Waals surface area contributed by atoms with E-state index in [9.17, 15) is 17.6 Å². The third-order valence-corrected chi connectivity index (χ3v) is 6.84. The van der Waals surface area contributed by atoms with Crippen LogP contribution in [0.15, 0.2) is 73.4 Å². The lowest BCUT2D eigenvalue weighted by atomic mass is 10.00. The molecule has 8 nitrogen and oxygen atoms in total. The summed E-state index contributed by atoms with van der Waals surface area (Å²) in [5, 5.41) is 5.61. The number of halogens is 1. The Hall–Kier alpha value is -4.02. The minimum atomic E-state index is -4.26. The van der Waals surface area contributed by atoms with Crippen molar-refractivity contribution in [3.8, 4) is 17.1 Å². The molecular weight excluding hydrogens is 487 g/mol. The highest BCUT2D eigenvalue weighted by Crippen LogP contribution is 2.35. The number of rotatable bonds is 5. The monoisotopic (exact) mass is 508 g/mol. The van der Waals surface area contributed by atoms with Crippen LogP contribution in [0.1, 0.15) is 29.7 Å². The molecule has 2 N–H and O–H groups in total. The third-order valence-electron chi connectivity index (χ3n) is 5.91. The average molecular weight is 509 g/mol. The molecular formula is C26H21FN2O6S. The van der Waals surface area contributed by atoms with E-state index in [1.807, 2.05) is 6.92 Å². The zero-order valence-electron chi connectivity index (χ0n) is 19.5. The number of primary sulfonamides is 1. The molecule has 3 aromatic heterocycles. The van der Waals surface area contributed by atoms with Gasteiger partial charge < -0.3 is 13.6 Å². The van der Waals surface area contributed by atoms with E-state index < -0.39 is 26.8 Å². The van der Waals surface area contributed by atoms with Crippen molar-refractivity contribution in [2.24, 2.45) is 5.14 Å². The van der Waals surface area contributed by atoms with Gasteiger partial charge in [-0.15, -0.1) is 0 Å². The lowest BCUT2D eigenvalue weighted by molar-refractivity contribution is 0.220. The van der Waals surface area contributed by atoms with Crippen LogP contribution in [0.4, 0.5) is 4.39 Å². The van der Waals surface area contributed by atoms with Crippen LogP contribution in [0.2, 0.25) is 0 Å². The van der Waals surface area contributed by atoms with Gasteiger partial charge in [-0.1, -0.05) is 0 Å². The maximum atomic E-state index is 13.7. The Labute approximate surface area is 205 Å². The molecule has 1 atom stereocenters. The molecule has 0 unspecified atom stereocenters. The molecule has 0 saturated carbocycles. The second-order valence-corrected chi connectivity index (χ2v) is 10.1. The molecule has 5 aromatic rings. The number of nitrogens with zero attached hydrogens (tertiary/aromatic N) is 1. The van der Waals surface area contributed by atoms with E-state index in [0.717, 1.165) is 17.7 Å². The van der Waals surface area contributed by atoms with E-state index in [1.54, 1.807) is 44.3 Å². The summed E-state index contributed by atoms with van der Waals surface area (Å²) in [6.45, 7) is 5.16. The van der Waals surface area contributed by atoms with Crippen LogP contribution >= 0.6 is 0 Å². The fourth-order valence-electron chi connectivity index (χ4n) is 4.17. The number of furan rings is 1. The molecule has 0 radical (unpaired) electrons. The molecule has 184 valence electrons. The van der Waals surface area contributed by atoms with Crippen LogP contribution in [0.25, 0.3) is 33.4 Å². The summed E-state index contributed by atoms with van der Waals surface area (Å²) >= 11 is 0. The van der Waals surface area contributed by atoms with Gasteiger partial charge in [-0.05, 0) is 62.7 Å². The largest absolute Gasteiger partial charge is 0.484 e. The van der Waals surface area contributed by atoms with E-state index in [1.165, 1.54) is 12.3 Å². The molecule has 10 heteroatoms. The van der Waals surface area contributed by atoms with E-state index >= 15 is 0 Å². The van der Waals surface area contributed by atoms with Crippen molar-refractivity contribution in [3.05, 3.63) is 87.7 Å². The first kappa shape index (κ1) is 23.7. The highest BCUT2D eigenvalue weighted by Gasteiger charge is 2.23. The zero-order valence-corrected chi connectivity index (χ0v) is 20.4. The smallest absolute Gasteiger partial charge is 0.241 e. The van der Waals surface area contributed by atoms with Crippen molar-refractivity contribution in [2.45, 2.75) is 31.8 Å². The summed E-state index contributed by atoms with van der Waals surface area (Å²) in [7, 11) is -4.26. The average Bonchev–Trinajstić information content (AvgIpc) is 3.29. The molecule has 0 saturated heterocycles. The van der Waals surface area contributed by atoms with Crippen LogP contribution in [-0.4, -0.2) is 13.4 Å². The van der Waals surface area contributed by atoms with E-state index in [-0.39, 0.29) is 16.8 Å². The number of pyridine rings is 1. The van der Waals surface area contributed by atoms with Gasteiger partial charge in [0.05, 0.1) is 11.6 Å². The lowest BCUT2D eigenvalue weighted by Crippen LogP contribution is -2.16. The maximum Gasteiger partial charge on any atom is 0.241 e. The van der Waals surface area contributed by atoms with Crippen molar-refractivity contribution in [2.75, 3.05) is 0 Å². The Morgan fingerprint density at radius 2 is 1.89 bits per heavy atom. The van der Waals surface area contributed by atoms with Gasteiger partial charge in [-0.25, -0.2) is 17.9 Å². The van der Waals surface area contributed by atoms with Crippen molar-refractivity contribution in [1.82, 2.24) is 4.98 Å². The normalized spacial score (nSPS) is 12.8. The molecule has 0 amide bonds. The van der Waals surface area contributed by atoms with Crippen molar-refractivity contribution < 1.29 is 26.4 Å². The summed E-state index contributed by atoms with van der Waals surface area (Å²) in [5.41, 5.74) is 3.49. The first-order valence-corrected chi connectivity index (χ1v) is 12.5. The van der Waals surface area contributed by atoms with E-state index in [4.69, 9.17) is 18.7 Å². The molecule has 0 fully saturated rings. The van der Waals surface area contributed by atoms with Gasteiger partial charge >= 0.3 is 0 Å². The summed E-state index contributed by atoms with van der Waals surface area (Å²) < 4.78 is 55.4. The Balaban J connectivity index is 1.68. The Kier molecular flexibility index (Phi) is 5.65. The highest BCUT2D eigenvalue weighted by atomic mass is 32.2. The van der Waals surface area contributed by atoms with Crippen LogP contribution in [0, 0.1) is 19.7 Å². The predicted molar refractivity (Wildman–Crippen MR) is 132 cm³/mol. The van der Waals surface area contributed by atoms with Gasteiger partial charge in [0.2, 0.25) is 10.0 Å². The number of aromatic nitrogens is 1. The molecule has 3 heterocycles. The van der Waals surface area contributed by atoms with Gasteiger partial charge in [0.25, 0.3) is 0 Å². The van der Waals surface area contributed by atoms with Crippen LogP contribution in [0.3, 0.4) is 0 Å². The topological polar surface area (TPSA) is 126 Å². The molecule has 0 aliphatic heterocycles. The molecule has 5 rings (SSSR count). The molecule has 36 heavy (non-hydrogen) atoms. The molecule has 2 aromatic carbocycles. The van der Waals surface area contributed by atoms with Gasteiger partial charge in [-0.2, -0.15) is 0 Å². The number of aryl methyl sites for hydroxylation is 1. The first-order valence-electron chi connectivity index (χ1n) is 10.9. The quantitative estimate of drug-likeness (QED) is 0.348. The fourth-order valence-corrected chi connectivity index (χ4v) is 4.84. The summed E-state index contributed by atoms with van der Waals surface area (Å²) in [4.78, 5) is 17.2. The first-order chi connectivity index (χ1) is 17.0. The second-order valence-electron chi connectivity index (χ2n) is 8.54. The third kappa shape index (κ3) is 4.14. The number of hydrogen-bond donors (Lipinski definition) is 1. The number of nitrogens with two attached hydrogens (primary N) is 1. The standard InChI is InChI=1S/C26H21FN2O6S/c1-13-8-18(15(3)34-21-5-4-17(27)11-23(21)36(28,31)32)26-19(9-13)24(30)14(2)25(35-26)16-10-22-20(29-12-16)6-7-33-22/h4-12,15H,1-3H3,(H2,28,31,32)/t15-/m1/s1. The number of sulfonamides is 1. The summed E-state index contributed by atoms with van der Waals surface area (Å²) in [6.07, 6.45) is 2.33. The van der Waals surface area contributed by atoms with E-state index in [2.05, 4.69) is 4.98 Å². The highest BCUT2D eigenvalue weighted by molar-refractivity contribution is 7.89. The minimum Gasteiger partial charge on any atom is -0.484 e. The molecule has 0 aliphatic rings. The van der Waals surface area contributed by atoms with Gasteiger partial charge in [0.1, 0.15) is 39.4 Å². The SMILES string of the molecule is Cc1cc([C@@H](C)Oc2ccc(F)cc2S(N)(=O)=O)c2oc(-c3cnc4ccoc4c3)c(C)c(=O)c2c1. The van der Waals surface area contributed by atoms with Gasteiger partial charge in [-0.3, -0.25) is 9.78 Å². The Morgan fingerprint density at radius 3 is 2.64 bits per heavy atom. The predicted octanol–water partition coefficient (Wildman–Crippen LogP) is 5.14. The van der Waals surface area contributed by atoms with Gasteiger partial charge in [0.15, 0.2) is 11.0 Å². The van der Waals surface area contributed by atoms with E-state index in [0.29, 0.717) is 38.9 Å². The van der Waals surface area contributed by atoms with Crippen molar-refractivity contribution in [1.29, 1.82) is 0 Å². The lowest BCUT2D eigenvalue weighted by Gasteiger charge is -2.19. The molecule has 0 spiro atoms. The van der Waals surface area contributed by atoms with Crippen LogP contribution in [-0.2, 0) is 10.0 Å². The van der Waals surface area contributed by atoms with Crippen LogP contribution < -0.4 is 15.3 Å². The van der Waals surface area contributed by atoms with Crippen molar-refractivity contribution >= 4 is 32.1 Å². The zero-order chi connectivity index (χ0) is 25.8. The maximum absolute atomic E-state index is 13.7. The number of hydrogen-bond acceptors (Lipinski definition) is 7.